The molecule has 0 radical (unpaired) electrons. The van der Waals surface area contributed by atoms with Gasteiger partial charge in [0.15, 0.2) is 0 Å². The highest BCUT2D eigenvalue weighted by Gasteiger charge is 1.94. The van der Waals surface area contributed by atoms with E-state index in [9.17, 15) is 0 Å². The van der Waals surface area contributed by atoms with Gasteiger partial charge in [-0.25, -0.2) is 0 Å². The fraction of sp³-hybridized carbons (Fsp3) is 0.154. The molecule has 14 heavy (non-hydrogen) atoms. The number of benzene rings is 1. The van der Waals surface area contributed by atoms with E-state index in [1.54, 1.807) is 0 Å². The van der Waals surface area contributed by atoms with Gasteiger partial charge in [-0.3, -0.25) is 4.99 Å². The second kappa shape index (κ2) is 5.18. The Labute approximate surface area is 85.5 Å². The second-order valence-electron chi connectivity index (χ2n) is 3.05. The molecule has 1 nitrogen and oxygen atoms in total. The van der Waals surface area contributed by atoms with Gasteiger partial charge in [0.1, 0.15) is 0 Å². The third-order valence-corrected chi connectivity index (χ3v) is 1.86. The van der Waals surface area contributed by atoms with Gasteiger partial charge in [0, 0.05) is 5.71 Å². The van der Waals surface area contributed by atoms with E-state index in [0.717, 1.165) is 17.0 Å². The Kier molecular flexibility index (Phi) is 3.86. The quantitative estimate of drug-likeness (QED) is 0.504. The standard InChI is InChI=1S/C13H15N/c1-4-8-11(2)14-12(3)13-9-6-5-7-10-13/h4-10H,2H2,1,3H3/b8-4-,14-12?. The van der Waals surface area contributed by atoms with Gasteiger partial charge >= 0.3 is 0 Å². The lowest BCUT2D eigenvalue weighted by atomic mass is 10.1. The van der Waals surface area contributed by atoms with Gasteiger partial charge in [0.2, 0.25) is 0 Å². The molecule has 0 fully saturated rings. The van der Waals surface area contributed by atoms with E-state index in [1.807, 2.05) is 56.3 Å². The van der Waals surface area contributed by atoms with E-state index in [2.05, 4.69) is 11.6 Å². The monoisotopic (exact) mass is 185 g/mol. The summed E-state index contributed by atoms with van der Waals surface area (Å²) in [7, 11) is 0. The summed E-state index contributed by atoms with van der Waals surface area (Å²) in [6.45, 7) is 7.78. The second-order valence-corrected chi connectivity index (χ2v) is 3.05. The molecule has 0 unspecified atom stereocenters. The molecule has 0 aromatic heterocycles. The predicted octanol–water partition coefficient (Wildman–Crippen LogP) is 3.59. The molecule has 0 spiro atoms. The Morgan fingerprint density at radius 3 is 2.50 bits per heavy atom. The molecule has 0 aliphatic rings. The van der Waals surface area contributed by atoms with E-state index in [-0.39, 0.29) is 0 Å². The first-order valence-corrected chi connectivity index (χ1v) is 4.66. The molecule has 0 atom stereocenters. The van der Waals surface area contributed by atoms with Crippen molar-refractivity contribution in [1.82, 2.24) is 0 Å². The predicted molar refractivity (Wildman–Crippen MR) is 62.6 cm³/mol. The number of aliphatic imine (C=N–C) groups is 1. The number of rotatable bonds is 3. The van der Waals surface area contributed by atoms with Gasteiger partial charge in [0.25, 0.3) is 0 Å². The molecule has 0 bridgehead atoms. The number of allylic oxidation sites excluding steroid dienone is 2. The minimum Gasteiger partial charge on any atom is -0.254 e. The maximum absolute atomic E-state index is 4.37. The molecule has 1 aromatic carbocycles. The fourth-order valence-electron chi connectivity index (χ4n) is 1.19. The van der Waals surface area contributed by atoms with Crippen molar-refractivity contribution in [3.63, 3.8) is 0 Å². The molecule has 0 aliphatic carbocycles. The molecule has 0 amide bonds. The molecule has 1 heteroatoms. The lowest BCUT2D eigenvalue weighted by Gasteiger charge is -1.99. The Hall–Kier alpha value is -1.63. The smallest absolute Gasteiger partial charge is 0.0558 e. The molecule has 0 N–H and O–H groups in total. The Morgan fingerprint density at radius 2 is 1.93 bits per heavy atom. The Bertz CT molecular complexity index is 358. The van der Waals surface area contributed by atoms with Crippen molar-refractivity contribution in [2.75, 3.05) is 0 Å². The maximum atomic E-state index is 4.37. The first-order chi connectivity index (χ1) is 6.74. The highest BCUT2D eigenvalue weighted by atomic mass is 14.7. The maximum Gasteiger partial charge on any atom is 0.0558 e. The molecular weight excluding hydrogens is 170 g/mol. The van der Waals surface area contributed by atoms with Crippen LogP contribution in [0.1, 0.15) is 19.4 Å². The van der Waals surface area contributed by atoms with E-state index < -0.39 is 0 Å². The summed E-state index contributed by atoms with van der Waals surface area (Å²) in [6, 6.07) is 10.1. The van der Waals surface area contributed by atoms with Gasteiger partial charge in [-0.15, -0.1) is 0 Å². The van der Waals surface area contributed by atoms with Crippen LogP contribution in [-0.2, 0) is 0 Å². The van der Waals surface area contributed by atoms with Crippen LogP contribution in [0.15, 0.2) is 59.8 Å². The molecule has 0 saturated carbocycles. The summed E-state index contributed by atoms with van der Waals surface area (Å²) in [6.07, 6.45) is 3.83. The number of hydrogen-bond donors (Lipinski definition) is 0. The van der Waals surface area contributed by atoms with Crippen LogP contribution in [0.3, 0.4) is 0 Å². The van der Waals surface area contributed by atoms with E-state index in [4.69, 9.17) is 0 Å². The van der Waals surface area contributed by atoms with Gasteiger partial charge in [0.05, 0.1) is 5.70 Å². The molecule has 1 aromatic rings. The van der Waals surface area contributed by atoms with Gasteiger partial charge in [-0.1, -0.05) is 43.0 Å². The highest BCUT2D eigenvalue weighted by Crippen LogP contribution is 2.04. The topological polar surface area (TPSA) is 12.4 Å². The lowest BCUT2D eigenvalue weighted by molar-refractivity contribution is 1.39. The summed E-state index contributed by atoms with van der Waals surface area (Å²) in [5.74, 6) is 0. The van der Waals surface area contributed by atoms with Crippen molar-refractivity contribution in [3.05, 3.63) is 60.3 Å². The minimum atomic E-state index is 0.786. The number of hydrogen-bond acceptors (Lipinski definition) is 1. The minimum absolute atomic E-state index is 0.786. The fourth-order valence-corrected chi connectivity index (χ4v) is 1.19. The van der Waals surface area contributed by atoms with Crippen molar-refractivity contribution in [2.24, 2.45) is 4.99 Å². The van der Waals surface area contributed by atoms with E-state index in [1.165, 1.54) is 0 Å². The van der Waals surface area contributed by atoms with Crippen LogP contribution < -0.4 is 0 Å². The van der Waals surface area contributed by atoms with Crippen molar-refractivity contribution in [2.45, 2.75) is 13.8 Å². The largest absolute Gasteiger partial charge is 0.254 e. The zero-order valence-electron chi connectivity index (χ0n) is 8.70. The average Bonchev–Trinajstić information content (AvgIpc) is 2.19. The van der Waals surface area contributed by atoms with Gasteiger partial charge < -0.3 is 0 Å². The Morgan fingerprint density at radius 1 is 1.29 bits per heavy atom. The third-order valence-electron chi connectivity index (χ3n) is 1.86. The summed E-state index contributed by atoms with van der Waals surface area (Å²) < 4.78 is 0. The summed E-state index contributed by atoms with van der Waals surface area (Å²) in [5, 5.41) is 0. The molecule has 1 rings (SSSR count). The van der Waals surface area contributed by atoms with E-state index >= 15 is 0 Å². The van der Waals surface area contributed by atoms with E-state index in [0.29, 0.717) is 0 Å². The van der Waals surface area contributed by atoms with Crippen LogP contribution in [0.2, 0.25) is 0 Å². The van der Waals surface area contributed by atoms with Crippen molar-refractivity contribution < 1.29 is 0 Å². The Balaban J connectivity index is 2.85. The summed E-state index contributed by atoms with van der Waals surface area (Å²) in [5.41, 5.74) is 2.92. The SMILES string of the molecule is C=C(/C=C\C)N=C(C)c1ccccc1. The molecule has 0 aliphatic heterocycles. The highest BCUT2D eigenvalue weighted by molar-refractivity contribution is 5.99. The molecule has 0 saturated heterocycles. The lowest BCUT2D eigenvalue weighted by Crippen LogP contribution is -1.93. The van der Waals surface area contributed by atoms with Crippen molar-refractivity contribution >= 4 is 5.71 Å². The first kappa shape index (κ1) is 10.5. The van der Waals surface area contributed by atoms with Crippen LogP contribution in [0.4, 0.5) is 0 Å². The summed E-state index contributed by atoms with van der Waals surface area (Å²) in [4.78, 5) is 4.37. The number of nitrogens with zero attached hydrogens (tertiary/aromatic N) is 1. The molecule has 0 heterocycles. The van der Waals surface area contributed by atoms with Crippen molar-refractivity contribution in [1.29, 1.82) is 0 Å². The normalized spacial score (nSPS) is 12.0. The molecular formula is C13H15N. The average molecular weight is 185 g/mol. The van der Waals surface area contributed by atoms with Crippen LogP contribution in [0, 0.1) is 0 Å². The van der Waals surface area contributed by atoms with Gasteiger partial charge in [-0.05, 0) is 25.5 Å². The van der Waals surface area contributed by atoms with Crippen molar-refractivity contribution in [3.8, 4) is 0 Å². The van der Waals surface area contributed by atoms with Crippen LogP contribution in [-0.4, -0.2) is 5.71 Å². The van der Waals surface area contributed by atoms with Gasteiger partial charge in [-0.2, -0.15) is 0 Å². The first-order valence-electron chi connectivity index (χ1n) is 4.66. The van der Waals surface area contributed by atoms with Crippen LogP contribution in [0.5, 0.6) is 0 Å². The van der Waals surface area contributed by atoms with Crippen LogP contribution >= 0.6 is 0 Å². The zero-order valence-corrected chi connectivity index (χ0v) is 8.70. The zero-order chi connectivity index (χ0) is 10.4. The summed E-state index contributed by atoms with van der Waals surface area (Å²) >= 11 is 0. The molecule has 72 valence electrons. The third kappa shape index (κ3) is 3.02. The van der Waals surface area contributed by atoms with Crippen LogP contribution in [0.25, 0.3) is 0 Å².